The molecule has 0 fully saturated rings. The summed E-state index contributed by atoms with van der Waals surface area (Å²) in [5.74, 6) is 0.632. The van der Waals surface area contributed by atoms with Gasteiger partial charge in [0.1, 0.15) is 5.75 Å². The fourth-order valence-corrected chi connectivity index (χ4v) is 2.76. The first-order chi connectivity index (χ1) is 7.75. The van der Waals surface area contributed by atoms with Crippen LogP contribution in [0.15, 0.2) is 17.0 Å². The minimum absolute atomic E-state index is 0.261. The molecule has 0 aliphatic rings. The zero-order valence-corrected chi connectivity index (χ0v) is 11.3. The van der Waals surface area contributed by atoms with Crippen molar-refractivity contribution in [2.75, 3.05) is 13.4 Å². The van der Waals surface area contributed by atoms with Gasteiger partial charge in [-0.3, -0.25) is 0 Å². The molecule has 1 unspecified atom stereocenters. The standard InChI is InChI=1S/C12H18O4S/c1-8-5-12(17(4,14)15)10(6-9(2)13)7-11(8)16-3/h5,7,9,13H,6H2,1-4H3. The van der Waals surface area contributed by atoms with Crippen molar-refractivity contribution < 1.29 is 18.3 Å². The molecule has 0 bridgehead atoms. The minimum Gasteiger partial charge on any atom is -0.496 e. The molecule has 0 saturated heterocycles. The summed E-state index contributed by atoms with van der Waals surface area (Å²) in [6.07, 6.45) is 0.863. The van der Waals surface area contributed by atoms with E-state index in [1.807, 2.05) is 0 Å². The average Bonchev–Trinajstić information content (AvgIpc) is 2.17. The summed E-state index contributed by atoms with van der Waals surface area (Å²) in [4.78, 5) is 0.261. The molecular weight excluding hydrogens is 240 g/mol. The van der Waals surface area contributed by atoms with Gasteiger partial charge in [0.15, 0.2) is 9.84 Å². The van der Waals surface area contributed by atoms with Gasteiger partial charge in [0, 0.05) is 6.26 Å². The Morgan fingerprint density at radius 2 is 2.00 bits per heavy atom. The molecule has 17 heavy (non-hydrogen) atoms. The first-order valence-electron chi connectivity index (χ1n) is 5.31. The summed E-state index contributed by atoms with van der Waals surface area (Å²) in [5.41, 5.74) is 1.35. The van der Waals surface area contributed by atoms with Crippen molar-refractivity contribution in [1.29, 1.82) is 0 Å². The monoisotopic (exact) mass is 258 g/mol. The summed E-state index contributed by atoms with van der Waals surface area (Å²) in [5, 5.41) is 9.39. The van der Waals surface area contributed by atoms with Gasteiger partial charge >= 0.3 is 0 Å². The van der Waals surface area contributed by atoms with Crippen LogP contribution in [0, 0.1) is 6.92 Å². The lowest BCUT2D eigenvalue weighted by Gasteiger charge is -2.14. The predicted octanol–water partition coefficient (Wildman–Crippen LogP) is 1.33. The van der Waals surface area contributed by atoms with Crippen LogP contribution in [0.25, 0.3) is 0 Å². The predicted molar refractivity (Wildman–Crippen MR) is 66.2 cm³/mol. The molecule has 0 aromatic heterocycles. The van der Waals surface area contributed by atoms with E-state index in [1.54, 1.807) is 26.0 Å². The Hall–Kier alpha value is -1.07. The lowest BCUT2D eigenvalue weighted by molar-refractivity contribution is 0.194. The zero-order valence-electron chi connectivity index (χ0n) is 10.5. The van der Waals surface area contributed by atoms with Gasteiger partial charge in [-0.25, -0.2) is 8.42 Å². The number of aliphatic hydroxyl groups excluding tert-OH is 1. The molecule has 1 rings (SSSR count). The van der Waals surface area contributed by atoms with Gasteiger partial charge in [-0.2, -0.15) is 0 Å². The summed E-state index contributed by atoms with van der Waals surface area (Å²) in [7, 11) is -1.76. The van der Waals surface area contributed by atoms with E-state index in [0.717, 1.165) is 5.56 Å². The van der Waals surface area contributed by atoms with Gasteiger partial charge in [-0.05, 0) is 43.5 Å². The quantitative estimate of drug-likeness (QED) is 0.885. The van der Waals surface area contributed by atoms with E-state index in [-0.39, 0.29) is 4.90 Å². The Balaban J connectivity index is 3.42. The topological polar surface area (TPSA) is 63.6 Å². The Bertz CT molecular complexity index is 503. The second kappa shape index (κ2) is 5.06. The molecule has 4 nitrogen and oxygen atoms in total. The van der Waals surface area contributed by atoms with Crippen molar-refractivity contribution in [3.05, 3.63) is 23.3 Å². The zero-order chi connectivity index (χ0) is 13.2. The lowest BCUT2D eigenvalue weighted by atomic mass is 10.1. The lowest BCUT2D eigenvalue weighted by Crippen LogP contribution is -2.10. The normalized spacial score (nSPS) is 13.5. The second-order valence-electron chi connectivity index (χ2n) is 4.25. The van der Waals surface area contributed by atoms with Crippen LogP contribution in [0.5, 0.6) is 5.75 Å². The molecule has 0 aliphatic heterocycles. The van der Waals surface area contributed by atoms with Crippen molar-refractivity contribution in [3.63, 3.8) is 0 Å². The third kappa shape index (κ3) is 3.44. The number of methoxy groups -OCH3 is 1. The van der Waals surface area contributed by atoms with Crippen molar-refractivity contribution in [3.8, 4) is 5.75 Å². The smallest absolute Gasteiger partial charge is 0.175 e. The maximum Gasteiger partial charge on any atom is 0.175 e. The Labute approximate surface area is 102 Å². The highest BCUT2D eigenvalue weighted by molar-refractivity contribution is 7.90. The van der Waals surface area contributed by atoms with Crippen molar-refractivity contribution in [2.24, 2.45) is 0 Å². The van der Waals surface area contributed by atoms with Crippen LogP contribution in [0.2, 0.25) is 0 Å². The third-order valence-electron chi connectivity index (χ3n) is 2.49. The maximum atomic E-state index is 11.7. The molecular formula is C12H18O4S. The van der Waals surface area contributed by atoms with Gasteiger partial charge in [0.25, 0.3) is 0 Å². The van der Waals surface area contributed by atoms with E-state index < -0.39 is 15.9 Å². The van der Waals surface area contributed by atoms with Crippen molar-refractivity contribution in [1.82, 2.24) is 0 Å². The molecule has 1 N–H and O–H groups in total. The molecule has 0 radical (unpaired) electrons. The number of sulfone groups is 1. The molecule has 0 aliphatic carbocycles. The van der Waals surface area contributed by atoms with Crippen LogP contribution >= 0.6 is 0 Å². The highest BCUT2D eigenvalue weighted by Gasteiger charge is 2.17. The SMILES string of the molecule is COc1cc(CC(C)O)c(S(C)(=O)=O)cc1C. The number of aryl methyl sites for hydroxylation is 1. The molecule has 0 heterocycles. The number of benzene rings is 1. The third-order valence-corrected chi connectivity index (χ3v) is 3.67. The van der Waals surface area contributed by atoms with Crippen LogP contribution in [0.1, 0.15) is 18.1 Å². The number of rotatable bonds is 4. The summed E-state index contributed by atoms with van der Waals surface area (Å²) in [6.45, 7) is 3.41. The van der Waals surface area contributed by atoms with E-state index in [4.69, 9.17) is 4.74 Å². The molecule has 0 amide bonds. The minimum atomic E-state index is -3.29. The molecule has 0 saturated carbocycles. The van der Waals surface area contributed by atoms with E-state index >= 15 is 0 Å². The summed E-state index contributed by atoms with van der Waals surface area (Å²) < 4.78 is 28.5. The van der Waals surface area contributed by atoms with Crippen LogP contribution in [-0.2, 0) is 16.3 Å². The second-order valence-corrected chi connectivity index (χ2v) is 6.24. The van der Waals surface area contributed by atoms with Crippen LogP contribution in [0.3, 0.4) is 0 Å². The van der Waals surface area contributed by atoms with Gasteiger partial charge < -0.3 is 9.84 Å². The Morgan fingerprint density at radius 3 is 2.41 bits per heavy atom. The van der Waals surface area contributed by atoms with Gasteiger partial charge in [0.2, 0.25) is 0 Å². The first kappa shape index (κ1) is 14.0. The molecule has 0 spiro atoms. The number of hydrogen-bond acceptors (Lipinski definition) is 4. The average molecular weight is 258 g/mol. The highest BCUT2D eigenvalue weighted by atomic mass is 32.2. The largest absolute Gasteiger partial charge is 0.496 e. The summed E-state index contributed by atoms with van der Waals surface area (Å²) >= 11 is 0. The Kier molecular flexibility index (Phi) is 4.16. The van der Waals surface area contributed by atoms with Crippen LogP contribution in [-0.4, -0.2) is 33.0 Å². The number of hydrogen-bond donors (Lipinski definition) is 1. The fourth-order valence-electron chi connectivity index (χ4n) is 1.75. The molecule has 1 aromatic carbocycles. The molecule has 1 atom stereocenters. The van der Waals surface area contributed by atoms with Crippen LogP contribution in [0.4, 0.5) is 0 Å². The number of aliphatic hydroxyl groups is 1. The summed E-state index contributed by atoms with van der Waals surface area (Å²) in [6, 6.07) is 3.27. The highest BCUT2D eigenvalue weighted by Crippen LogP contribution is 2.27. The van der Waals surface area contributed by atoms with Crippen LogP contribution < -0.4 is 4.74 Å². The van der Waals surface area contributed by atoms with Crippen molar-refractivity contribution in [2.45, 2.75) is 31.3 Å². The van der Waals surface area contributed by atoms with Gasteiger partial charge in [-0.1, -0.05) is 0 Å². The molecule has 1 aromatic rings. The number of ether oxygens (including phenoxy) is 1. The van der Waals surface area contributed by atoms with E-state index in [1.165, 1.54) is 13.4 Å². The van der Waals surface area contributed by atoms with Crippen molar-refractivity contribution >= 4 is 9.84 Å². The molecule has 96 valence electrons. The van der Waals surface area contributed by atoms with E-state index in [0.29, 0.717) is 17.7 Å². The van der Waals surface area contributed by atoms with Gasteiger partial charge in [0.05, 0.1) is 18.1 Å². The first-order valence-corrected chi connectivity index (χ1v) is 7.20. The maximum absolute atomic E-state index is 11.7. The van der Waals surface area contributed by atoms with Gasteiger partial charge in [-0.15, -0.1) is 0 Å². The van der Waals surface area contributed by atoms with E-state index in [2.05, 4.69) is 0 Å². The van der Waals surface area contributed by atoms with E-state index in [9.17, 15) is 13.5 Å². The Morgan fingerprint density at radius 1 is 1.41 bits per heavy atom. The fraction of sp³-hybridized carbons (Fsp3) is 0.500. The molecule has 5 heteroatoms.